The number of hydrogen-bond acceptors (Lipinski definition) is 4. The van der Waals surface area contributed by atoms with E-state index in [1.807, 2.05) is 35.3 Å². The van der Waals surface area contributed by atoms with Crippen LogP contribution in [0.3, 0.4) is 0 Å². The Bertz CT molecular complexity index is 822. The highest BCUT2D eigenvalue weighted by molar-refractivity contribution is 7.08. The first-order chi connectivity index (χ1) is 14.5. The van der Waals surface area contributed by atoms with E-state index < -0.39 is 0 Å². The lowest BCUT2D eigenvalue weighted by atomic mass is 9.98. The van der Waals surface area contributed by atoms with E-state index in [4.69, 9.17) is 9.47 Å². The van der Waals surface area contributed by atoms with Crippen molar-refractivity contribution in [1.82, 2.24) is 4.90 Å². The molecule has 1 heterocycles. The Hall–Kier alpha value is -1.84. The average molecular weight is 466 g/mol. The first-order valence-electron chi connectivity index (χ1n) is 10.3. The summed E-state index contributed by atoms with van der Waals surface area (Å²) in [5.41, 5.74) is 2.34. The fourth-order valence-electron chi connectivity index (χ4n) is 2.64. The maximum atomic E-state index is 12.8. The van der Waals surface area contributed by atoms with Crippen LogP contribution in [0, 0.1) is 17.3 Å². The van der Waals surface area contributed by atoms with Gasteiger partial charge in [-0.15, -0.1) is 12.4 Å². The van der Waals surface area contributed by atoms with E-state index in [9.17, 15) is 4.39 Å². The van der Waals surface area contributed by atoms with Crippen LogP contribution >= 0.6 is 23.7 Å². The predicted octanol–water partition coefficient (Wildman–Crippen LogP) is 6.11. The van der Waals surface area contributed by atoms with Crippen LogP contribution in [0.5, 0.6) is 5.75 Å². The van der Waals surface area contributed by atoms with Gasteiger partial charge < -0.3 is 9.47 Å². The highest BCUT2D eigenvalue weighted by atomic mass is 35.5. The summed E-state index contributed by atoms with van der Waals surface area (Å²) >= 11 is 1.68. The molecule has 2 aromatic rings. The van der Waals surface area contributed by atoms with Crippen molar-refractivity contribution in [2.24, 2.45) is 5.41 Å². The molecule has 170 valence electrons. The number of hydrogen-bond donors (Lipinski definition) is 0. The average Bonchev–Trinajstić information content (AvgIpc) is 3.24. The van der Waals surface area contributed by atoms with E-state index in [1.54, 1.807) is 11.3 Å². The van der Waals surface area contributed by atoms with Gasteiger partial charge in [0.15, 0.2) is 0 Å². The van der Waals surface area contributed by atoms with Crippen molar-refractivity contribution in [2.45, 2.75) is 20.8 Å². The number of halogens is 2. The lowest BCUT2D eigenvalue weighted by molar-refractivity contribution is 0.0808. The molecule has 0 saturated carbocycles. The largest absolute Gasteiger partial charge is 0.491 e. The number of benzene rings is 1. The Morgan fingerprint density at radius 1 is 1.10 bits per heavy atom. The number of alkyl halides is 1. The van der Waals surface area contributed by atoms with E-state index in [-0.39, 0.29) is 24.5 Å². The van der Waals surface area contributed by atoms with Crippen LogP contribution in [0.2, 0.25) is 0 Å². The summed E-state index contributed by atoms with van der Waals surface area (Å²) in [4.78, 5) is 2.01. The van der Waals surface area contributed by atoms with Crippen molar-refractivity contribution in [1.29, 1.82) is 0 Å². The molecule has 2 rings (SSSR count). The lowest BCUT2D eigenvalue weighted by Crippen LogP contribution is -2.30. The Kier molecular flexibility index (Phi) is 13.2. The second-order valence-electron chi connectivity index (χ2n) is 7.91. The van der Waals surface area contributed by atoms with Gasteiger partial charge in [-0.25, -0.2) is 4.39 Å². The van der Waals surface area contributed by atoms with Crippen molar-refractivity contribution >= 4 is 23.7 Å². The van der Waals surface area contributed by atoms with Gasteiger partial charge in [-0.1, -0.05) is 30.0 Å². The molecule has 0 aliphatic carbocycles. The maximum absolute atomic E-state index is 12.8. The minimum Gasteiger partial charge on any atom is -0.491 e. The first kappa shape index (κ1) is 27.2. The molecule has 0 spiro atoms. The summed E-state index contributed by atoms with van der Waals surface area (Å²) in [5.74, 6) is 7.02. The Balaban J connectivity index is 0.00000480. The monoisotopic (exact) mass is 465 g/mol. The molecule has 0 saturated heterocycles. The fraction of sp³-hybridized carbons (Fsp3) is 0.440. The van der Waals surface area contributed by atoms with Crippen molar-refractivity contribution in [3.05, 3.63) is 53.2 Å². The number of ether oxygens (including phenoxy) is 2. The van der Waals surface area contributed by atoms with Crippen LogP contribution in [0.4, 0.5) is 4.39 Å². The molecular formula is C25H33ClFNO2S. The normalized spacial score (nSPS) is 11.3. The topological polar surface area (TPSA) is 21.7 Å². The molecule has 0 fully saturated rings. The molecule has 1 aromatic heterocycles. The summed E-state index contributed by atoms with van der Waals surface area (Å²) < 4.78 is 24.2. The molecule has 1 aromatic carbocycles. The van der Waals surface area contributed by atoms with E-state index in [1.165, 1.54) is 5.56 Å². The molecule has 0 aliphatic heterocycles. The summed E-state index contributed by atoms with van der Waals surface area (Å²) in [6.45, 7) is 9.11. The van der Waals surface area contributed by atoms with E-state index in [0.29, 0.717) is 39.5 Å². The zero-order valence-electron chi connectivity index (χ0n) is 18.6. The van der Waals surface area contributed by atoms with Crippen molar-refractivity contribution in [3.63, 3.8) is 0 Å². The molecular weight excluding hydrogens is 433 g/mol. The van der Waals surface area contributed by atoms with Gasteiger partial charge in [-0.05, 0) is 66.9 Å². The third kappa shape index (κ3) is 11.9. The van der Waals surface area contributed by atoms with Crippen molar-refractivity contribution in [2.75, 3.05) is 46.1 Å². The van der Waals surface area contributed by atoms with Gasteiger partial charge >= 0.3 is 0 Å². The summed E-state index contributed by atoms with van der Waals surface area (Å²) in [7, 11) is 0. The third-order valence-corrected chi connectivity index (χ3v) is 4.83. The number of allylic oxidation sites excluding steroid dienone is 1. The molecule has 0 unspecified atom stereocenters. The Labute approximate surface area is 196 Å². The van der Waals surface area contributed by atoms with Gasteiger partial charge in [0.25, 0.3) is 0 Å². The minimum absolute atomic E-state index is 0. The second kappa shape index (κ2) is 15.0. The van der Waals surface area contributed by atoms with Crippen LogP contribution in [0.15, 0.2) is 53.2 Å². The molecule has 31 heavy (non-hydrogen) atoms. The van der Waals surface area contributed by atoms with Crippen LogP contribution in [-0.4, -0.2) is 51.0 Å². The molecule has 0 amide bonds. The number of thiophene rings is 1. The summed E-state index contributed by atoms with van der Waals surface area (Å²) in [6.07, 6.45) is 3.81. The quantitative estimate of drug-likeness (QED) is 0.279. The highest BCUT2D eigenvalue weighted by Gasteiger charge is 2.04. The SMILES string of the molecule is CC(C)(C)C#C/C=C/CN(CCF)CCOCCOc1cccc(-c2ccsc2)c1.Cl. The zero-order valence-corrected chi connectivity index (χ0v) is 20.2. The standard InChI is InChI=1S/C25H32FNO2S.ClH/c1-25(2,3)11-5-4-6-13-27(14-12-26)15-16-28-17-18-29-24-9-7-8-22(20-24)23-10-19-30-21-23;/h4,6-10,19-21H,12-18H2,1-3H3;1H/b6-4+;. The van der Waals surface area contributed by atoms with Crippen molar-refractivity contribution in [3.8, 4) is 28.7 Å². The molecule has 0 atom stereocenters. The number of nitrogens with zero attached hydrogens (tertiary/aromatic N) is 1. The van der Waals surface area contributed by atoms with Crippen LogP contribution in [0.1, 0.15) is 20.8 Å². The van der Waals surface area contributed by atoms with E-state index in [2.05, 4.69) is 55.5 Å². The van der Waals surface area contributed by atoms with E-state index >= 15 is 0 Å². The summed E-state index contributed by atoms with van der Waals surface area (Å²) in [5, 5.41) is 4.19. The van der Waals surface area contributed by atoms with E-state index in [0.717, 1.165) is 11.3 Å². The van der Waals surface area contributed by atoms with Crippen LogP contribution < -0.4 is 4.74 Å². The van der Waals surface area contributed by atoms with Crippen molar-refractivity contribution < 1.29 is 13.9 Å². The van der Waals surface area contributed by atoms with Gasteiger partial charge in [0.1, 0.15) is 19.0 Å². The molecule has 0 aliphatic rings. The van der Waals surface area contributed by atoms with Crippen LogP contribution in [0.25, 0.3) is 11.1 Å². The fourth-order valence-corrected chi connectivity index (χ4v) is 3.31. The second-order valence-corrected chi connectivity index (χ2v) is 8.69. The lowest BCUT2D eigenvalue weighted by Gasteiger charge is -2.18. The minimum atomic E-state index is -0.370. The zero-order chi connectivity index (χ0) is 21.7. The first-order valence-corrected chi connectivity index (χ1v) is 11.2. The maximum Gasteiger partial charge on any atom is 0.120 e. The van der Waals surface area contributed by atoms with Gasteiger partial charge in [-0.2, -0.15) is 11.3 Å². The predicted molar refractivity (Wildman–Crippen MR) is 132 cm³/mol. The molecule has 6 heteroatoms. The van der Waals surface area contributed by atoms with Gasteiger partial charge in [-0.3, -0.25) is 4.90 Å². The molecule has 0 bridgehead atoms. The molecule has 3 nitrogen and oxygen atoms in total. The van der Waals surface area contributed by atoms with Gasteiger partial charge in [0.05, 0.1) is 13.2 Å². The van der Waals surface area contributed by atoms with Gasteiger partial charge in [0.2, 0.25) is 0 Å². The number of rotatable bonds is 12. The van der Waals surface area contributed by atoms with Gasteiger partial charge in [0, 0.05) is 25.0 Å². The molecule has 0 N–H and O–H groups in total. The highest BCUT2D eigenvalue weighted by Crippen LogP contribution is 2.25. The Morgan fingerprint density at radius 3 is 2.65 bits per heavy atom. The Morgan fingerprint density at radius 2 is 1.94 bits per heavy atom. The van der Waals surface area contributed by atoms with Crippen LogP contribution in [-0.2, 0) is 4.74 Å². The summed E-state index contributed by atoms with van der Waals surface area (Å²) in [6, 6.07) is 10.2. The molecule has 0 radical (unpaired) electrons. The smallest absolute Gasteiger partial charge is 0.120 e. The third-order valence-electron chi connectivity index (χ3n) is 4.15.